The van der Waals surface area contributed by atoms with Crippen LogP contribution in [0, 0.1) is 0 Å². The van der Waals surface area contributed by atoms with Crippen molar-refractivity contribution in [2.45, 2.75) is 5.60 Å². The number of aliphatic hydroxyl groups is 1. The maximum Gasteiger partial charge on any atom is 0.142 e. The van der Waals surface area contributed by atoms with E-state index in [2.05, 4.69) is 63.4 Å². The molecule has 0 amide bonds. The minimum Gasteiger partial charge on any atom is -0.376 e. The fourth-order valence-electron chi connectivity index (χ4n) is 6.22. The molecule has 2 aromatic heterocycles. The van der Waals surface area contributed by atoms with E-state index < -0.39 is 5.60 Å². The van der Waals surface area contributed by atoms with Crippen LogP contribution in [0.15, 0.2) is 152 Å². The molecule has 0 saturated carbocycles. The van der Waals surface area contributed by atoms with Gasteiger partial charge in [0.05, 0.1) is 27.9 Å². The van der Waals surface area contributed by atoms with Crippen LogP contribution < -0.4 is 0 Å². The Kier molecular flexibility index (Phi) is 5.52. The standard InChI is InChI=1S/C37H26N4O/c42-37(26-13-3-1-4-14-26,27-15-5-2-6-16-27)31-18-8-11-21-35(31)40-33-20-10-7-17-29(33)30-25-28(23-24-34(30)40)41-36-22-12-9-19-32(36)38-39-41/h1-25,42H. The topological polar surface area (TPSA) is 55.9 Å². The number of hydrogen-bond acceptors (Lipinski definition) is 3. The Morgan fingerprint density at radius 3 is 1.88 bits per heavy atom. The molecular formula is C37H26N4O. The van der Waals surface area contributed by atoms with Crippen LogP contribution in [0.4, 0.5) is 0 Å². The summed E-state index contributed by atoms with van der Waals surface area (Å²) in [6.07, 6.45) is 0. The maximum atomic E-state index is 12.8. The summed E-state index contributed by atoms with van der Waals surface area (Å²) < 4.78 is 4.15. The van der Waals surface area contributed by atoms with E-state index in [1.165, 1.54) is 0 Å². The first kappa shape index (κ1) is 24.3. The van der Waals surface area contributed by atoms with E-state index in [9.17, 15) is 5.11 Å². The van der Waals surface area contributed by atoms with Gasteiger partial charge in [0.2, 0.25) is 0 Å². The Morgan fingerprint density at radius 2 is 1.12 bits per heavy atom. The third-order valence-corrected chi connectivity index (χ3v) is 8.17. The van der Waals surface area contributed by atoms with E-state index >= 15 is 0 Å². The third-order valence-electron chi connectivity index (χ3n) is 8.17. The van der Waals surface area contributed by atoms with Gasteiger partial charge in [-0.2, -0.15) is 0 Å². The summed E-state index contributed by atoms with van der Waals surface area (Å²) in [4.78, 5) is 0. The van der Waals surface area contributed by atoms with Crippen LogP contribution in [-0.2, 0) is 5.60 Å². The SMILES string of the molecule is OC(c1ccccc1)(c1ccccc1)c1ccccc1-n1c2ccccc2c2cc(-n3nnc4ccccc43)ccc21. The summed E-state index contributed by atoms with van der Waals surface area (Å²) in [7, 11) is 0. The average Bonchev–Trinajstić information content (AvgIpc) is 3.64. The van der Waals surface area contributed by atoms with E-state index in [1.54, 1.807) is 0 Å². The lowest BCUT2D eigenvalue weighted by molar-refractivity contribution is 0.125. The van der Waals surface area contributed by atoms with E-state index in [-0.39, 0.29) is 0 Å². The van der Waals surface area contributed by atoms with Crippen LogP contribution in [0.3, 0.4) is 0 Å². The molecule has 42 heavy (non-hydrogen) atoms. The molecule has 8 aromatic rings. The lowest BCUT2D eigenvalue weighted by Gasteiger charge is -2.32. The van der Waals surface area contributed by atoms with Crippen LogP contribution in [0.1, 0.15) is 16.7 Å². The van der Waals surface area contributed by atoms with E-state index in [1.807, 2.05) is 108 Å². The lowest BCUT2D eigenvalue weighted by Crippen LogP contribution is -2.30. The summed E-state index contributed by atoms with van der Waals surface area (Å²) in [5.41, 5.74) is 6.82. The molecule has 0 aliphatic heterocycles. The monoisotopic (exact) mass is 542 g/mol. The Hall–Kier alpha value is -5.52. The second-order valence-electron chi connectivity index (χ2n) is 10.5. The quantitative estimate of drug-likeness (QED) is 0.226. The summed E-state index contributed by atoms with van der Waals surface area (Å²) in [5.74, 6) is 0. The van der Waals surface area contributed by atoms with E-state index in [0.717, 1.165) is 60.9 Å². The summed E-state index contributed by atoms with van der Waals surface area (Å²) in [6, 6.07) is 50.8. The molecule has 5 nitrogen and oxygen atoms in total. The van der Waals surface area contributed by atoms with Crippen molar-refractivity contribution in [2.75, 3.05) is 0 Å². The summed E-state index contributed by atoms with van der Waals surface area (Å²) >= 11 is 0. The van der Waals surface area contributed by atoms with Gasteiger partial charge in [-0.15, -0.1) is 5.10 Å². The molecule has 0 saturated heterocycles. The molecular weight excluding hydrogens is 516 g/mol. The largest absolute Gasteiger partial charge is 0.376 e. The predicted octanol–water partition coefficient (Wildman–Crippen LogP) is 7.80. The van der Waals surface area contributed by atoms with Gasteiger partial charge in [-0.3, -0.25) is 0 Å². The van der Waals surface area contributed by atoms with Crippen molar-refractivity contribution in [1.82, 2.24) is 19.6 Å². The molecule has 8 rings (SSSR count). The van der Waals surface area contributed by atoms with Crippen LogP contribution in [-0.4, -0.2) is 24.7 Å². The van der Waals surface area contributed by atoms with Crippen molar-refractivity contribution in [3.63, 3.8) is 0 Å². The Labute approximate surface area is 242 Å². The molecule has 0 radical (unpaired) electrons. The highest BCUT2D eigenvalue weighted by Gasteiger charge is 2.36. The van der Waals surface area contributed by atoms with Gasteiger partial charge < -0.3 is 9.67 Å². The van der Waals surface area contributed by atoms with Crippen LogP contribution in [0.25, 0.3) is 44.2 Å². The van der Waals surface area contributed by atoms with Crippen molar-refractivity contribution in [2.24, 2.45) is 0 Å². The van der Waals surface area contributed by atoms with Crippen LogP contribution in [0.5, 0.6) is 0 Å². The normalized spacial score (nSPS) is 11.9. The predicted molar refractivity (Wildman–Crippen MR) is 168 cm³/mol. The third kappa shape index (κ3) is 3.61. The minimum atomic E-state index is -1.38. The number of rotatable bonds is 5. The van der Waals surface area contributed by atoms with Gasteiger partial charge in [0.15, 0.2) is 0 Å². The van der Waals surface area contributed by atoms with E-state index in [0.29, 0.717) is 0 Å². The summed E-state index contributed by atoms with van der Waals surface area (Å²) in [6.45, 7) is 0. The minimum absolute atomic E-state index is 0.802. The number of fused-ring (bicyclic) bond motifs is 4. The average molecular weight is 543 g/mol. The van der Waals surface area contributed by atoms with Crippen LogP contribution >= 0.6 is 0 Å². The maximum absolute atomic E-state index is 12.8. The van der Waals surface area contributed by atoms with Gasteiger partial charge in [-0.25, -0.2) is 4.68 Å². The van der Waals surface area contributed by atoms with Crippen molar-refractivity contribution >= 4 is 32.8 Å². The molecule has 6 aromatic carbocycles. The number of aromatic nitrogens is 4. The highest BCUT2D eigenvalue weighted by molar-refractivity contribution is 6.10. The number of para-hydroxylation sites is 3. The van der Waals surface area contributed by atoms with Crippen molar-refractivity contribution in [3.05, 3.63) is 168 Å². The molecule has 0 unspecified atom stereocenters. The van der Waals surface area contributed by atoms with Gasteiger partial charge in [0.1, 0.15) is 11.1 Å². The molecule has 2 heterocycles. The van der Waals surface area contributed by atoms with Gasteiger partial charge in [-0.1, -0.05) is 114 Å². The number of nitrogens with zero attached hydrogens (tertiary/aromatic N) is 4. The number of benzene rings is 6. The molecule has 1 N–H and O–H groups in total. The van der Waals surface area contributed by atoms with Gasteiger partial charge in [0, 0.05) is 16.3 Å². The molecule has 0 spiro atoms. The first-order valence-corrected chi connectivity index (χ1v) is 14.0. The molecule has 0 aliphatic carbocycles. The van der Waals surface area contributed by atoms with Crippen molar-refractivity contribution in [1.29, 1.82) is 0 Å². The molecule has 200 valence electrons. The fraction of sp³-hybridized carbons (Fsp3) is 0.0270. The zero-order chi connectivity index (χ0) is 28.1. The number of hydrogen-bond donors (Lipinski definition) is 1. The fourth-order valence-corrected chi connectivity index (χ4v) is 6.22. The second-order valence-corrected chi connectivity index (χ2v) is 10.5. The Balaban J connectivity index is 1.41. The molecule has 5 heteroatoms. The van der Waals surface area contributed by atoms with Crippen molar-refractivity contribution in [3.8, 4) is 11.4 Å². The van der Waals surface area contributed by atoms with E-state index in [4.69, 9.17) is 0 Å². The molecule has 0 aliphatic rings. The first-order valence-electron chi connectivity index (χ1n) is 14.0. The molecule has 0 bridgehead atoms. The zero-order valence-electron chi connectivity index (χ0n) is 22.7. The molecule has 0 fully saturated rings. The summed E-state index contributed by atoms with van der Waals surface area (Å²) in [5, 5.41) is 23.8. The van der Waals surface area contributed by atoms with Gasteiger partial charge >= 0.3 is 0 Å². The molecule has 0 atom stereocenters. The smallest absolute Gasteiger partial charge is 0.142 e. The Morgan fingerprint density at radius 1 is 0.524 bits per heavy atom. The highest BCUT2D eigenvalue weighted by Crippen LogP contribution is 2.42. The van der Waals surface area contributed by atoms with Crippen molar-refractivity contribution < 1.29 is 5.11 Å². The second kappa shape index (κ2) is 9.54. The zero-order valence-corrected chi connectivity index (χ0v) is 22.7. The van der Waals surface area contributed by atoms with Gasteiger partial charge in [0.25, 0.3) is 0 Å². The van der Waals surface area contributed by atoms with Gasteiger partial charge in [-0.05, 0) is 53.6 Å². The first-order chi connectivity index (χ1) is 20.7. The van der Waals surface area contributed by atoms with Crippen LogP contribution in [0.2, 0.25) is 0 Å². The highest BCUT2D eigenvalue weighted by atomic mass is 16.3. The Bertz CT molecular complexity index is 2170. The lowest BCUT2D eigenvalue weighted by atomic mass is 9.79.